The maximum absolute atomic E-state index is 13.8. The number of aromatic amines is 2. The summed E-state index contributed by atoms with van der Waals surface area (Å²) in [5.41, 5.74) is 13.3. The Morgan fingerprint density at radius 3 is 2.56 bits per heavy atom. The number of pyridine rings is 2. The summed E-state index contributed by atoms with van der Waals surface area (Å²) in [5.74, 6) is -0.261. The second-order valence-electron chi connectivity index (χ2n) is 7.66. The highest BCUT2D eigenvalue weighted by atomic mass is 19.1. The summed E-state index contributed by atoms with van der Waals surface area (Å²) in [6.07, 6.45) is 5.14. The lowest BCUT2D eigenvalue weighted by Crippen LogP contribution is -1.88. The third-order valence-corrected chi connectivity index (χ3v) is 5.56. The van der Waals surface area contributed by atoms with Gasteiger partial charge in [-0.05, 0) is 47.5 Å². The molecule has 0 spiro atoms. The lowest BCUT2D eigenvalue weighted by molar-refractivity contribution is 0.628. The molecule has 0 bridgehead atoms. The van der Waals surface area contributed by atoms with Crippen molar-refractivity contribution in [1.29, 1.82) is 0 Å². The molecule has 7 heteroatoms. The number of nitrogens with two attached hydrogens (primary N) is 1. The van der Waals surface area contributed by atoms with Gasteiger partial charge in [0.2, 0.25) is 0 Å². The Kier molecular flexibility index (Phi) is 4.01. The van der Waals surface area contributed by atoms with Gasteiger partial charge in [0.1, 0.15) is 11.5 Å². The number of anilines is 1. The molecule has 0 saturated carbocycles. The van der Waals surface area contributed by atoms with Crippen molar-refractivity contribution in [2.75, 3.05) is 5.73 Å². The number of fused-ring (bicyclic) bond motifs is 2. The quantitative estimate of drug-likeness (QED) is 0.349. The minimum atomic E-state index is -0.261. The van der Waals surface area contributed by atoms with Crippen LogP contribution in [0.25, 0.3) is 55.6 Å². The maximum Gasteiger partial charge on any atom is 0.155 e. The number of hydrogen-bond donors (Lipinski definition) is 3. The van der Waals surface area contributed by atoms with Gasteiger partial charge in [0.05, 0.1) is 11.4 Å². The van der Waals surface area contributed by atoms with Crippen LogP contribution in [0.3, 0.4) is 0 Å². The third-order valence-electron chi connectivity index (χ3n) is 5.56. The number of benzene rings is 2. The molecule has 0 fully saturated rings. The zero-order valence-corrected chi connectivity index (χ0v) is 16.8. The molecule has 0 saturated heterocycles. The molecule has 6 aromatic rings. The van der Waals surface area contributed by atoms with E-state index in [0.29, 0.717) is 11.3 Å². The normalized spacial score (nSPS) is 11.4. The third kappa shape index (κ3) is 2.99. The van der Waals surface area contributed by atoms with E-state index in [4.69, 9.17) is 5.73 Å². The monoisotopic (exact) mass is 420 g/mol. The van der Waals surface area contributed by atoms with E-state index >= 15 is 0 Å². The van der Waals surface area contributed by atoms with Crippen molar-refractivity contribution in [3.05, 3.63) is 85.1 Å². The standard InChI is InChI=1S/C25H17FN6/c26-17-4-1-3-14(7-17)19-5-2-6-22-20(19)10-23(30-22)24-21-9-16(12-29-25(21)32-31-24)15-8-18(27)13-28-11-15/h1-13,30H,27H2,(H,29,31,32). The van der Waals surface area contributed by atoms with Crippen LogP contribution < -0.4 is 5.73 Å². The first-order valence-corrected chi connectivity index (χ1v) is 10.1. The Balaban J connectivity index is 1.51. The Labute approximate surface area is 182 Å². The van der Waals surface area contributed by atoms with Crippen LogP contribution in [0.2, 0.25) is 0 Å². The minimum absolute atomic E-state index is 0.261. The number of nitrogens with zero attached hydrogens (tertiary/aromatic N) is 3. The molecule has 0 radical (unpaired) electrons. The molecule has 0 aliphatic carbocycles. The van der Waals surface area contributed by atoms with Crippen LogP contribution >= 0.6 is 0 Å². The van der Waals surface area contributed by atoms with E-state index in [2.05, 4.69) is 25.1 Å². The number of H-pyrrole nitrogens is 2. The second kappa shape index (κ2) is 7.02. The Morgan fingerprint density at radius 1 is 0.812 bits per heavy atom. The van der Waals surface area contributed by atoms with Crippen LogP contribution in [0.15, 0.2) is 79.3 Å². The maximum atomic E-state index is 13.8. The number of hydrogen-bond acceptors (Lipinski definition) is 4. The van der Waals surface area contributed by atoms with E-state index in [9.17, 15) is 4.39 Å². The van der Waals surface area contributed by atoms with Crippen molar-refractivity contribution in [3.63, 3.8) is 0 Å². The average molecular weight is 420 g/mol. The molecule has 0 amide bonds. The van der Waals surface area contributed by atoms with Crippen LogP contribution in [0.4, 0.5) is 10.1 Å². The first-order valence-electron chi connectivity index (χ1n) is 10.1. The molecule has 32 heavy (non-hydrogen) atoms. The largest absolute Gasteiger partial charge is 0.397 e. The first-order chi connectivity index (χ1) is 15.7. The lowest BCUT2D eigenvalue weighted by Gasteiger charge is -2.03. The molecule has 4 N–H and O–H groups in total. The van der Waals surface area contributed by atoms with Gasteiger partial charge in [-0.1, -0.05) is 24.3 Å². The Hall–Kier alpha value is -4.52. The molecule has 0 atom stereocenters. The first kappa shape index (κ1) is 18.3. The molecule has 6 nitrogen and oxygen atoms in total. The number of nitrogen functional groups attached to an aromatic ring is 1. The molecular formula is C25H17FN6. The average Bonchev–Trinajstić information content (AvgIpc) is 3.42. The van der Waals surface area contributed by atoms with Gasteiger partial charge >= 0.3 is 0 Å². The predicted octanol–water partition coefficient (Wildman–Crippen LogP) is 5.56. The lowest BCUT2D eigenvalue weighted by atomic mass is 10.0. The van der Waals surface area contributed by atoms with Gasteiger partial charge in [0, 0.05) is 46.0 Å². The Bertz CT molecular complexity index is 1610. The fourth-order valence-electron chi connectivity index (χ4n) is 4.07. The van der Waals surface area contributed by atoms with E-state index in [1.165, 1.54) is 6.07 Å². The number of aromatic nitrogens is 5. The molecule has 4 heterocycles. The van der Waals surface area contributed by atoms with Gasteiger partial charge in [-0.15, -0.1) is 0 Å². The van der Waals surface area contributed by atoms with Crippen molar-refractivity contribution in [2.45, 2.75) is 0 Å². The highest BCUT2D eigenvalue weighted by Crippen LogP contribution is 2.35. The van der Waals surface area contributed by atoms with Gasteiger partial charge in [-0.3, -0.25) is 10.1 Å². The van der Waals surface area contributed by atoms with E-state index < -0.39 is 0 Å². The molecule has 154 valence electrons. The van der Waals surface area contributed by atoms with Crippen LogP contribution in [0.1, 0.15) is 0 Å². The van der Waals surface area contributed by atoms with Gasteiger partial charge < -0.3 is 10.7 Å². The van der Waals surface area contributed by atoms with E-state index in [-0.39, 0.29) is 5.82 Å². The van der Waals surface area contributed by atoms with Crippen molar-refractivity contribution < 1.29 is 4.39 Å². The van der Waals surface area contributed by atoms with Gasteiger partial charge in [0.25, 0.3) is 0 Å². The highest BCUT2D eigenvalue weighted by molar-refractivity contribution is 6.01. The van der Waals surface area contributed by atoms with E-state index in [1.54, 1.807) is 30.7 Å². The fraction of sp³-hybridized carbons (Fsp3) is 0. The van der Waals surface area contributed by atoms with Crippen molar-refractivity contribution in [3.8, 4) is 33.6 Å². The molecule has 0 aliphatic heterocycles. The molecule has 0 unspecified atom stereocenters. The summed E-state index contributed by atoms with van der Waals surface area (Å²) in [4.78, 5) is 12.1. The number of halogens is 1. The molecule has 4 aromatic heterocycles. The number of nitrogens with one attached hydrogen (secondary N) is 2. The van der Waals surface area contributed by atoms with Crippen molar-refractivity contribution >= 4 is 27.6 Å². The zero-order valence-electron chi connectivity index (χ0n) is 16.8. The summed E-state index contributed by atoms with van der Waals surface area (Å²) >= 11 is 0. The summed E-state index contributed by atoms with van der Waals surface area (Å²) in [6.45, 7) is 0. The second-order valence-corrected chi connectivity index (χ2v) is 7.66. The highest BCUT2D eigenvalue weighted by Gasteiger charge is 2.15. The van der Waals surface area contributed by atoms with Gasteiger partial charge in [-0.2, -0.15) is 5.10 Å². The SMILES string of the molecule is Nc1cncc(-c2cnc3[nH]nc(-c4cc5c(-c6cccc(F)c6)cccc5[nH]4)c3c2)c1. The van der Waals surface area contributed by atoms with Crippen LogP contribution in [-0.4, -0.2) is 25.1 Å². The van der Waals surface area contributed by atoms with Gasteiger partial charge in [0.15, 0.2) is 5.65 Å². The fourth-order valence-corrected chi connectivity index (χ4v) is 4.07. The van der Waals surface area contributed by atoms with Crippen molar-refractivity contribution in [1.82, 2.24) is 25.1 Å². The number of rotatable bonds is 3. The predicted molar refractivity (Wildman–Crippen MR) is 124 cm³/mol. The summed E-state index contributed by atoms with van der Waals surface area (Å²) in [6, 6.07) is 18.5. The topological polar surface area (TPSA) is 96.3 Å². The summed E-state index contributed by atoms with van der Waals surface area (Å²) in [7, 11) is 0. The minimum Gasteiger partial charge on any atom is -0.397 e. The van der Waals surface area contributed by atoms with Gasteiger partial charge in [-0.25, -0.2) is 9.37 Å². The van der Waals surface area contributed by atoms with Crippen molar-refractivity contribution in [2.24, 2.45) is 0 Å². The van der Waals surface area contributed by atoms with E-state index in [0.717, 1.165) is 49.9 Å². The van der Waals surface area contributed by atoms with Crippen LogP contribution in [-0.2, 0) is 0 Å². The summed E-state index contributed by atoms with van der Waals surface area (Å²) in [5, 5.41) is 9.39. The van der Waals surface area contributed by atoms with Crippen LogP contribution in [0.5, 0.6) is 0 Å². The summed E-state index contributed by atoms with van der Waals surface area (Å²) < 4.78 is 13.8. The Morgan fingerprint density at radius 2 is 1.69 bits per heavy atom. The molecular weight excluding hydrogens is 403 g/mol. The van der Waals surface area contributed by atoms with E-state index in [1.807, 2.05) is 42.5 Å². The molecule has 6 rings (SSSR count). The molecule has 0 aliphatic rings. The smallest absolute Gasteiger partial charge is 0.155 e. The molecule has 2 aromatic carbocycles. The zero-order chi connectivity index (χ0) is 21.7. The van der Waals surface area contributed by atoms with Crippen LogP contribution in [0, 0.1) is 5.82 Å².